The van der Waals surface area contributed by atoms with Crippen LogP contribution >= 0.6 is 11.3 Å². The van der Waals surface area contributed by atoms with E-state index in [4.69, 9.17) is 4.74 Å². The van der Waals surface area contributed by atoms with Crippen LogP contribution < -0.4 is 4.74 Å². The van der Waals surface area contributed by atoms with E-state index >= 15 is 0 Å². The highest BCUT2D eigenvalue weighted by Crippen LogP contribution is 2.15. The van der Waals surface area contributed by atoms with Crippen molar-refractivity contribution in [3.05, 3.63) is 88.1 Å². The van der Waals surface area contributed by atoms with Gasteiger partial charge in [-0.3, -0.25) is 4.79 Å². The highest BCUT2D eigenvalue weighted by Gasteiger charge is 2.12. The smallest absolute Gasteiger partial charge is 0.253 e. The average Bonchev–Trinajstić information content (AvgIpc) is 3.13. The van der Waals surface area contributed by atoms with Crippen molar-refractivity contribution in [3.8, 4) is 5.75 Å². The maximum Gasteiger partial charge on any atom is 0.253 e. The Labute approximate surface area is 146 Å². The van der Waals surface area contributed by atoms with Gasteiger partial charge in [-0.15, -0.1) is 11.3 Å². The minimum absolute atomic E-state index is 0.0268. The predicted molar refractivity (Wildman–Crippen MR) is 97.3 cm³/mol. The number of carbonyl (C=O) groups is 1. The molecule has 3 rings (SSSR count). The first kappa shape index (κ1) is 16.3. The Kier molecular flexibility index (Phi) is 5.29. The Morgan fingerprint density at radius 3 is 2.42 bits per heavy atom. The molecule has 0 unspecified atom stereocenters. The first-order valence-corrected chi connectivity index (χ1v) is 8.65. The zero-order valence-electron chi connectivity index (χ0n) is 13.5. The molecule has 0 N–H and O–H groups in total. The summed E-state index contributed by atoms with van der Waals surface area (Å²) in [5.74, 6) is 0.868. The molecule has 1 amide bonds. The van der Waals surface area contributed by atoms with Gasteiger partial charge in [-0.25, -0.2) is 0 Å². The highest BCUT2D eigenvalue weighted by molar-refractivity contribution is 7.09. The number of hydrogen-bond acceptors (Lipinski definition) is 3. The minimum atomic E-state index is 0.0268. The summed E-state index contributed by atoms with van der Waals surface area (Å²) in [7, 11) is 1.83. The van der Waals surface area contributed by atoms with Crippen molar-refractivity contribution in [3.63, 3.8) is 0 Å². The van der Waals surface area contributed by atoms with Gasteiger partial charge in [0.05, 0.1) is 6.54 Å². The van der Waals surface area contributed by atoms with E-state index in [0.717, 1.165) is 11.3 Å². The molecule has 0 saturated heterocycles. The van der Waals surface area contributed by atoms with E-state index in [0.29, 0.717) is 18.7 Å². The highest BCUT2D eigenvalue weighted by atomic mass is 32.1. The van der Waals surface area contributed by atoms with Crippen molar-refractivity contribution in [1.82, 2.24) is 4.90 Å². The SMILES string of the molecule is CN(Cc1cccs1)C(=O)c1ccc(COc2ccccc2)cc1. The van der Waals surface area contributed by atoms with E-state index < -0.39 is 0 Å². The summed E-state index contributed by atoms with van der Waals surface area (Å²) in [6, 6.07) is 21.3. The lowest BCUT2D eigenvalue weighted by molar-refractivity contribution is 0.0786. The van der Waals surface area contributed by atoms with E-state index in [1.807, 2.05) is 79.2 Å². The zero-order chi connectivity index (χ0) is 16.8. The van der Waals surface area contributed by atoms with Gasteiger partial charge in [-0.05, 0) is 41.3 Å². The Balaban J connectivity index is 1.58. The molecule has 0 aliphatic rings. The Morgan fingerprint density at radius 1 is 1.00 bits per heavy atom. The summed E-state index contributed by atoms with van der Waals surface area (Å²) in [6.07, 6.45) is 0. The van der Waals surface area contributed by atoms with Gasteiger partial charge < -0.3 is 9.64 Å². The summed E-state index contributed by atoms with van der Waals surface area (Å²) in [4.78, 5) is 15.4. The van der Waals surface area contributed by atoms with E-state index in [1.165, 1.54) is 4.88 Å². The zero-order valence-corrected chi connectivity index (χ0v) is 14.3. The van der Waals surface area contributed by atoms with Gasteiger partial charge in [0.15, 0.2) is 0 Å². The molecule has 2 aromatic carbocycles. The van der Waals surface area contributed by atoms with Crippen molar-refractivity contribution in [2.24, 2.45) is 0 Å². The summed E-state index contributed by atoms with van der Waals surface area (Å²) < 4.78 is 5.72. The third kappa shape index (κ3) is 4.24. The Bertz CT molecular complexity index is 767. The number of ether oxygens (including phenoxy) is 1. The van der Waals surface area contributed by atoms with Crippen LogP contribution in [0, 0.1) is 0 Å². The molecule has 3 aromatic rings. The second-order valence-electron chi connectivity index (χ2n) is 5.54. The van der Waals surface area contributed by atoms with Crippen LogP contribution in [-0.4, -0.2) is 17.9 Å². The fraction of sp³-hybridized carbons (Fsp3) is 0.150. The second kappa shape index (κ2) is 7.79. The largest absolute Gasteiger partial charge is 0.489 e. The normalized spacial score (nSPS) is 10.4. The predicted octanol–water partition coefficient (Wildman–Crippen LogP) is 4.60. The maximum absolute atomic E-state index is 12.5. The number of benzene rings is 2. The number of para-hydroxylation sites is 1. The van der Waals surface area contributed by atoms with Crippen LogP contribution in [0.1, 0.15) is 20.8 Å². The number of hydrogen-bond donors (Lipinski definition) is 0. The number of carbonyl (C=O) groups excluding carboxylic acids is 1. The molecule has 4 heteroatoms. The van der Waals surface area contributed by atoms with E-state index in [1.54, 1.807) is 16.2 Å². The summed E-state index contributed by atoms with van der Waals surface area (Å²) in [6.45, 7) is 1.12. The fourth-order valence-corrected chi connectivity index (χ4v) is 3.11. The van der Waals surface area contributed by atoms with E-state index in [2.05, 4.69) is 0 Å². The van der Waals surface area contributed by atoms with Gasteiger partial charge in [-0.1, -0.05) is 36.4 Å². The van der Waals surface area contributed by atoms with Crippen LogP contribution in [0.25, 0.3) is 0 Å². The molecular formula is C20H19NO2S. The van der Waals surface area contributed by atoms with Crippen molar-refractivity contribution >= 4 is 17.2 Å². The molecule has 0 atom stereocenters. The quantitative estimate of drug-likeness (QED) is 0.658. The van der Waals surface area contributed by atoms with Crippen LogP contribution in [0.4, 0.5) is 0 Å². The molecule has 0 spiro atoms. The number of rotatable bonds is 6. The molecule has 0 bridgehead atoms. The van der Waals surface area contributed by atoms with Crippen LogP contribution in [0.2, 0.25) is 0 Å². The first-order valence-electron chi connectivity index (χ1n) is 7.77. The van der Waals surface area contributed by atoms with Crippen molar-refractivity contribution in [2.75, 3.05) is 7.05 Å². The minimum Gasteiger partial charge on any atom is -0.489 e. The molecule has 1 heterocycles. The number of nitrogens with zero attached hydrogens (tertiary/aromatic N) is 1. The monoisotopic (exact) mass is 337 g/mol. The lowest BCUT2D eigenvalue weighted by Gasteiger charge is -2.16. The summed E-state index contributed by atoms with van der Waals surface area (Å²) in [5, 5.41) is 2.02. The van der Waals surface area contributed by atoms with Gasteiger partial charge in [0.25, 0.3) is 5.91 Å². The topological polar surface area (TPSA) is 29.5 Å². The van der Waals surface area contributed by atoms with Crippen LogP contribution in [-0.2, 0) is 13.2 Å². The lowest BCUT2D eigenvalue weighted by atomic mass is 10.1. The van der Waals surface area contributed by atoms with Crippen LogP contribution in [0.5, 0.6) is 5.75 Å². The molecule has 1 aromatic heterocycles. The number of thiophene rings is 1. The molecule has 0 aliphatic heterocycles. The summed E-state index contributed by atoms with van der Waals surface area (Å²) >= 11 is 1.66. The summed E-state index contributed by atoms with van der Waals surface area (Å²) in [5.41, 5.74) is 1.73. The van der Waals surface area contributed by atoms with Gasteiger partial charge in [0, 0.05) is 17.5 Å². The Hall–Kier alpha value is -2.59. The Morgan fingerprint density at radius 2 is 1.75 bits per heavy atom. The average molecular weight is 337 g/mol. The molecule has 0 aliphatic carbocycles. The maximum atomic E-state index is 12.5. The van der Waals surface area contributed by atoms with Gasteiger partial charge in [0.2, 0.25) is 0 Å². The van der Waals surface area contributed by atoms with Gasteiger partial charge in [0.1, 0.15) is 12.4 Å². The van der Waals surface area contributed by atoms with Gasteiger partial charge in [-0.2, -0.15) is 0 Å². The van der Waals surface area contributed by atoms with Gasteiger partial charge >= 0.3 is 0 Å². The third-order valence-corrected chi connectivity index (χ3v) is 4.53. The van der Waals surface area contributed by atoms with Crippen molar-refractivity contribution in [2.45, 2.75) is 13.2 Å². The fourth-order valence-electron chi connectivity index (χ4n) is 2.36. The molecular weight excluding hydrogens is 318 g/mol. The van der Waals surface area contributed by atoms with Crippen molar-refractivity contribution < 1.29 is 9.53 Å². The molecule has 3 nitrogen and oxygen atoms in total. The molecule has 0 saturated carbocycles. The molecule has 0 radical (unpaired) electrons. The van der Waals surface area contributed by atoms with Crippen molar-refractivity contribution in [1.29, 1.82) is 0 Å². The molecule has 122 valence electrons. The lowest BCUT2D eigenvalue weighted by Crippen LogP contribution is -2.25. The van der Waals surface area contributed by atoms with Crippen LogP contribution in [0.3, 0.4) is 0 Å². The van der Waals surface area contributed by atoms with E-state index in [9.17, 15) is 4.79 Å². The van der Waals surface area contributed by atoms with E-state index in [-0.39, 0.29) is 5.91 Å². The standard InChI is InChI=1S/C20H19NO2S/c1-21(14-19-8-5-13-24-19)20(22)17-11-9-16(10-12-17)15-23-18-6-3-2-4-7-18/h2-13H,14-15H2,1H3. The number of amides is 1. The molecule has 0 fully saturated rings. The van der Waals surface area contributed by atoms with Crippen LogP contribution in [0.15, 0.2) is 72.1 Å². The second-order valence-corrected chi connectivity index (χ2v) is 6.57. The third-order valence-electron chi connectivity index (χ3n) is 3.67. The molecule has 24 heavy (non-hydrogen) atoms. The first-order chi connectivity index (χ1) is 11.7.